The van der Waals surface area contributed by atoms with Gasteiger partial charge in [-0.15, -0.1) is 0 Å². The Bertz CT molecular complexity index is 2980. The molecule has 0 amide bonds. The number of benzene rings is 9. The lowest BCUT2D eigenvalue weighted by atomic mass is 9.67. The second-order valence-electron chi connectivity index (χ2n) is 16.1. The van der Waals surface area contributed by atoms with Crippen LogP contribution >= 0.6 is 0 Å². The van der Waals surface area contributed by atoms with Crippen LogP contribution in [0.15, 0.2) is 224 Å². The van der Waals surface area contributed by atoms with Gasteiger partial charge in [-0.3, -0.25) is 0 Å². The van der Waals surface area contributed by atoms with Crippen LogP contribution in [-0.4, -0.2) is 12.6 Å². The van der Waals surface area contributed by atoms with E-state index in [1.165, 1.54) is 92.7 Å². The zero-order valence-corrected chi connectivity index (χ0v) is 34.3. The molecule has 0 unspecified atom stereocenters. The molecule has 1 aliphatic rings. The summed E-state index contributed by atoms with van der Waals surface area (Å²) in [4.78, 5) is 0. The third-order valence-electron chi connectivity index (χ3n) is 13.1. The Kier molecular flexibility index (Phi) is 8.25. The minimum Gasteiger partial charge on any atom is -0.309 e. The SMILES string of the molecule is Cc1cc(C2(c3ccc([Si-](c4ccccc4)(c4ccccc4)c4ccccc4)c(C)c3)c3ccccc3-c3ccccc32)ccc1-n1c2ccccc2c2ccccc21. The molecular weight excluding hydrogens is 727 g/mol. The lowest BCUT2D eigenvalue weighted by molar-refractivity contribution is 0.766. The average molecular weight is 770 g/mol. The topological polar surface area (TPSA) is 4.93 Å². The predicted molar refractivity (Wildman–Crippen MR) is 251 cm³/mol. The Morgan fingerprint density at radius 1 is 0.373 bits per heavy atom. The summed E-state index contributed by atoms with van der Waals surface area (Å²) >= 11 is 0. The van der Waals surface area contributed by atoms with E-state index in [0.717, 1.165) is 0 Å². The van der Waals surface area contributed by atoms with Crippen LogP contribution in [0.5, 0.6) is 0 Å². The Morgan fingerprint density at radius 2 is 0.780 bits per heavy atom. The summed E-state index contributed by atoms with van der Waals surface area (Å²) in [5.41, 5.74) is 13.5. The summed E-state index contributed by atoms with van der Waals surface area (Å²) in [6.45, 7) is 4.64. The largest absolute Gasteiger partial charge is 0.309 e. The van der Waals surface area contributed by atoms with Gasteiger partial charge in [0, 0.05) is 16.5 Å². The molecule has 0 fully saturated rings. The lowest BCUT2D eigenvalue weighted by Crippen LogP contribution is -2.75. The minimum absolute atomic E-state index is 0.531. The Labute approximate surface area is 347 Å². The fourth-order valence-electron chi connectivity index (χ4n) is 10.7. The van der Waals surface area contributed by atoms with Crippen molar-refractivity contribution < 1.29 is 0 Å². The monoisotopic (exact) mass is 769 g/mol. The summed E-state index contributed by atoms with van der Waals surface area (Å²) in [6.07, 6.45) is 0. The van der Waals surface area contributed by atoms with Crippen molar-refractivity contribution in [3.05, 3.63) is 258 Å². The normalized spacial score (nSPS) is 13.1. The molecule has 0 bridgehead atoms. The molecule has 1 aliphatic carbocycles. The number of nitrogens with zero attached hydrogens (tertiary/aromatic N) is 1. The van der Waals surface area contributed by atoms with Crippen LogP contribution in [0.3, 0.4) is 0 Å². The molecule has 10 aromatic rings. The molecular formula is C57H43NSi-. The van der Waals surface area contributed by atoms with Gasteiger partial charge in [-0.2, -0.15) is 20.7 Å². The zero-order valence-electron chi connectivity index (χ0n) is 33.3. The van der Waals surface area contributed by atoms with Gasteiger partial charge < -0.3 is 4.57 Å². The van der Waals surface area contributed by atoms with Crippen LogP contribution in [0.4, 0.5) is 0 Å². The Morgan fingerprint density at radius 3 is 1.25 bits per heavy atom. The van der Waals surface area contributed by atoms with E-state index in [2.05, 4.69) is 243 Å². The van der Waals surface area contributed by atoms with Gasteiger partial charge in [-0.05, 0) is 79.1 Å². The summed E-state index contributed by atoms with van der Waals surface area (Å²) < 4.78 is 2.45. The fourth-order valence-corrected chi connectivity index (χ4v) is 15.7. The second-order valence-corrected chi connectivity index (χ2v) is 19.9. The number of aryl methyl sites for hydroxylation is 2. The maximum atomic E-state index is 2.53. The van der Waals surface area contributed by atoms with Crippen LogP contribution in [-0.2, 0) is 5.41 Å². The molecule has 1 nitrogen and oxygen atoms in total. The number of aromatic nitrogens is 1. The van der Waals surface area contributed by atoms with Crippen molar-refractivity contribution in [3.8, 4) is 16.8 Å². The zero-order chi connectivity index (χ0) is 39.6. The first-order valence-electron chi connectivity index (χ1n) is 20.7. The van der Waals surface area contributed by atoms with E-state index in [1.54, 1.807) is 0 Å². The first kappa shape index (κ1) is 35.2. The number of fused-ring (bicyclic) bond motifs is 6. The molecule has 0 saturated carbocycles. The molecule has 281 valence electrons. The summed E-state index contributed by atoms with van der Waals surface area (Å²) in [7, 11) is -2.75. The van der Waals surface area contributed by atoms with E-state index >= 15 is 0 Å². The van der Waals surface area contributed by atoms with Crippen molar-refractivity contribution in [1.29, 1.82) is 0 Å². The lowest BCUT2D eigenvalue weighted by Gasteiger charge is -2.48. The van der Waals surface area contributed by atoms with Crippen molar-refractivity contribution in [2.45, 2.75) is 19.3 Å². The van der Waals surface area contributed by atoms with Crippen molar-refractivity contribution in [2.24, 2.45) is 0 Å². The Balaban J connectivity index is 1.18. The third-order valence-corrected chi connectivity index (χ3v) is 18.1. The van der Waals surface area contributed by atoms with Crippen molar-refractivity contribution >= 4 is 50.6 Å². The number of hydrogen-bond acceptors (Lipinski definition) is 0. The van der Waals surface area contributed by atoms with Crippen LogP contribution in [0.1, 0.15) is 33.4 Å². The highest BCUT2D eigenvalue weighted by atomic mass is 28.3. The molecule has 59 heavy (non-hydrogen) atoms. The van der Waals surface area contributed by atoms with Gasteiger partial charge in [0.2, 0.25) is 0 Å². The molecule has 0 radical (unpaired) electrons. The van der Waals surface area contributed by atoms with Gasteiger partial charge in [0.25, 0.3) is 0 Å². The minimum atomic E-state index is -2.75. The maximum absolute atomic E-state index is 2.75. The third kappa shape index (κ3) is 5.10. The van der Waals surface area contributed by atoms with E-state index in [9.17, 15) is 0 Å². The van der Waals surface area contributed by atoms with Crippen LogP contribution in [0.25, 0.3) is 38.6 Å². The standard InChI is InChI=1S/C57H43NSi/c1-40-38-42(34-36-53(40)58-54-32-18-14-28-49(54)50-29-15-19-33-55(50)58)57(51-30-16-12-26-47(51)48-27-13-17-31-52(48)57)43-35-37-56(41(2)39-43)59(44-20-6-3-7-21-44,45-22-8-4-9-23-45)46-24-10-5-11-25-46/h3-39H,1-2H3/q-1. The smallest absolute Gasteiger partial charge is 0.0713 e. The van der Waals surface area contributed by atoms with E-state index in [4.69, 9.17) is 0 Å². The van der Waals surface area contributed by atoms with E-state index in [1.807, 2.05) is 0 Å². The average Bonchev–Trinajstić information content (AvgIpc) is 3.79. The highest BCUT2D eigenvalue weighted by molar-refractivity contribution is 7.20. The number of rotatable bonds is 7. The Hall–Kier alpha value is -7.00. The van der Waals surface area contributed by atoms with Gasteiger partial charge in [0.1, 0.15) is 0 Å². The van der Waals surface area contributed by atoms with Gasteiger partial charge in [0.05, 0.1) is 16.4 Å². The summed E-state index contributed by atoms with van der Waals surface area (Å²) in [5, 5.41) is 8.12. The first-order chi connectivity index (χ1) is 29.1. The van der Waals surface area contributed by atoms with E-state index < -0.39 is 13.5 Å². The molecule has 1 aromatic heterocycles. The highest BCUT2D eigenvalue weighted by Crippen LogP contribution is 2.56. The predicted octanol–water partition coefficient (Wildman–Crippen LogP) is 11.1. The molecule has 1 heterocycles. The van der Waals surface area contributed by atoms with Crippen LogP contribution < -0.4 is 20.7 Å². The van der Waals surface area contributed by atoms with Crippen LogP contribution in [0.2, 0.25) is 0 Å². The quantitative estimate of drug-likeness (QED) is 0.112. The van der Waals surface area contributed by atoms with Crippen molar-refractivity contribution in [2.75, 3.05) is 0 Å². The molecule has 9 aromatic carbocycles. The molecule has 11 rings (SSSR count). The van der Waals surface area contributed by atoms with E-state index in [0.29, 0.717) is 0 Å². The fraction of sp³-hybridized carbons (Fsp3) is 0.0526. The first-order valence-corrected chi connectivity index (χ1v) is 22.7. The second kappa shape index (κ2) is 13.8. The van der Waals surface area contributed by atoms with Gasteiger partial charge >= 0.3 is 0 Å². The molecule has 0 atom stereocenters. The van der Waals surface area contributed by atoms with Gasteiger partial charge in [-0.25, -0.2) is 0 Å². The number of para-hydroxylation sites is 2. The summed E-state index contributed by atoms with van der Waals surface area (Å²) in [5.74, 6) is 0. The van der Waals surface area contributed by atoms with Crippen LogP contribution in [0, 0.1) is 13.8 Å². The maximum Gasteiger partial charge on any atom is 0.0713 e. The van der Waals surface area contributed by atoms with Gasteiger partial charge in [0.15, 0.2) is 0 Å². The molecule has 0 saturated heterocycles. The van der Waals surface area contributed by atoms with Crippen molar-refractivity contribution in [1.82, 2.24) is 4.57 Å². The molecule has 0 N–H and O–H groups in total. The molecule has 0 aliphatic heterocycles. The van der Waals surface area contributed by atoms with E-state index in [-0.39, 0.29) is 0 Å². The van der Waals surface area contributed by atoms with Crippen molar-refractivity contribution in [3.63, 3.8) is 0 Å². The summed E-state index contributed by atoms with van der Waals surface area (Å²) in [6, 6.07) is 84.3. The molecule has 0 spiro atoms. The molecule has 2 heteroatoms. The highest BCUT2D eigenvalue weighted by Gasteiger charge is 2.46. The van der Waals surface area contributed by atoms with Gasteiger partial charge in [-0.1, -0.05) is 212 Å². The number of hydrogen-bond donors (Lipinski definition) is 0.